The van der Waals surface area contributed by atoms with Gasteiger partial charge >= 0.3 is 0 Å². The third-order valence-corrected chi connectivity index (χ3v) is 2.41. The van der Waals surface area contributed by atoms with Crippen LogP contribution >= 0.6 is 0 Å². The van der Waals surface area contributed by atoms with Gasteiger partial charge in [0.1, 0.15) is 17.2 Å². The zero-order valence-electron chi connectivity index (χ0n) is 7.93. The van der Waals surface area contributed by atoms with Gasteiger partial charge in [-0.05, 0) is 50.5 Å². The first-order chi connectivity index (χ1) is 6.07. The molecule has 0 saturated carbocycles. The summed E-state index contributed by atoms with van der Waals surface area (Å²) in [6.07, 6.45) is 1.85. The van der Waals surface area contributed by atoms with Crippen molar-refractivity contribution in [1.29, 1.82) is 0 Å². The molecular weight excluding hydrogens is 167 g/mol. The van der Waals surface area contributed by atoms with Gasteiger partial charge in [-0.1, -0.05) is 0 Å². The van der Waals surface area contributed by atoms with Crippen LogP contribution < -0.4 is 4.74 Å². The Labute approximate surface area is 77.5 Å². The van der Waals surface area contributed by atoms with Crippen molar-refractivity contribution in [3.8, 4) is 5.75 Å². The number of hydrogen-bond acceptors (Lipinski definition) is 1. The van der Waals surface area contributed by atoms with Crippen LogP contribution in [0.1, 0.15) is 25.8 Å². The van der Waals surface area contributed by atoms with Gasteiger partial charge in [0, 0.05) is 0 Å². The van der Waals surface area contributed by atoms with Gasteiger partial charge in [-0.15, -0.1) is 0 Å². The van der Waals surface area contributed by atoms with Crippen molar-refractivity contribution < 1.29 is 9.13 Å². The van der Waals surface area contributed by atoms with Gasteiger partial charge in [0.2, 0.25) is 0 Å². The van der Waals surface area contributed by atoms with E-state index in [0.29, 0.717) is 0 Å². The molecule has 0 radical (unpaired) electrons. The highest BCUT2D eigenvalue weighted by Crippen LogP contribution is 2.32. The number of halogens is 1. The Kier molecular flexibility index (Phi) is 1.79. The Hall–Kier alpha value is -1.05. The summed E-state index contributed by atoms with van der Waals surface area (Å²) >= 11 is 0. The highest BCUT2D eigenvalue weighted by atomic mass is 19.1. The standard InChI is InChI=1S/C11H13FO/c1-11(2)6-5-8-7-9(12)3-4-10(8)13-11/h3-4,7H,5-6H2,1-2H3. The van der Waals surface area contributed by atoms with E-state index >= 15 is 0 Å². The minimum Gasteiger partial charge on any atom is -0.488 e. The van der Waals surface area contributed by atoms with Crippen molar-refractivity contribution in [3.05, 3.63) is 29.6 Å². The second kappa shape index (κ2) is 2.72. The molecule has 0 saturated heterocycles. The highest BCUT2D eigenvalue weighted by molar-refractivity contribution is 5.36. The van der Waals surface area contributed by atoms with Crippen LogP contribution in [0.15, 0.2) is 18.2 Å². The molecule has 0 N–H and O–H groups in total. The molecule has 0 bridgehead atoms. The Morgan fingerprint density at radius 1 is 1.38 bits per heavy atom. The van der Waals surface area contributed by atoms with Crippen LogP contribution in [-0.4, -0.2) is 5.60 Å². The number of fused-ring (bicyclic) bond motifs is 1. The minimum atomic E-state index is -0.179. The maximum absolute atomic E-state index is 12.8. The average molecular weight is 180 g/mol. The lowest BCUT2D eigenvalue weighted by Gasteiger charge is -2.32. The lowest BCUT2D eigenvalue weighted by molar-refractivity contribution is 0.0844. The highest BCUT2D eigenvalue weighted by Gasteiger charge is 2.26. The molecule has 1 heterocycles. The molecule has 0 aliphatic carbocycles. The third-order valence-electron chi connectivity index (χ3n) is 2.41. The van der Waals surface area contributed by atoms with E-state index in [-0.39, 0.29) is 11.4 Å². The second-order valence-corrected chi connectivity index (χ2v) is 4.11. The lowest BCUT2D eigenvalue weighted by Crippen LogP contribution is -2.32. The van der Waals surface area contributed by atoms with E-state index in [2.05, 4.69) is 13.8 Å². The van der Waals surface area contributed by atoms with Crippen molar-refractivity contribution in [1.82, 2.24) is 0 Å². The average Bonchev–Trinajstić information content (AvgIpc) is 2.05. The van der Waals surface area contributed by atoms with Gasteiger partial charge in [-0.25, -0.2) is 4.39 Å². The van der Waals surface area contributed by atoms with Gasteiger partial charge in [0.05, 0.1) is 0 Å². The van der Waals surface area contributed by atoms with E-state index in [1.165, 1.54) is 6.07 Å². The van der Waals surface area contributed by atoms with Gasteiger partial charge in [0.15, 0.2) is 0 Å². The molecule has 0 aromatic heterocycles. The summed E-state index contributed by atoms with van der Waals surface area (Å²) in [4.78, 5) is 0. The van der Waals surface area contributed by atoms with Crippen molar-refractivity contribution in [2.24, 2.45) is 0 Å². The van der Waals surface area contributed by atoms with Crippen molar-refractivity contribution in [2.45, 2.75) is 32.3 Å². The monoisotopic (exact) mass is 180 g/mol. The topological polar surface area (TPSA) is 9.23 Å². The fourth-order valence-electron chi connectivity index (χ4n) is 1.63. The summed E-state index contributed by atoms with van der Waals surface area (Å²) in [5.74, 6) is 0.653. The molecule has 1 aliphatic rings. The SMILES string of the molecule is CC1(C)CCc2cc(F)ccc2O1. The van der Waals surface area contributed by atoms with E-state index in [9.17, 15) is 4.39 Å². The molecule has 0 amide bonds. The Morgan fingerprint density at radius 2 is 2.15 bits per heavy atom. The van der Waals surface area contributed by atoms with Gasteiger partial charge in [-0.2, -0.15) is 0 Å². The van der Waals surface area contributed by atoms with E-state index in [0.717, 1.165) is 24.2 Å². The first kappa shape index (κ1) is 8.54. The Morgan fingerprint density at radius 3 is 2.92 bits per heavy atom. The molecular formula is C11H13FO. The molecule has 1 aromatic carbocycles. The third kappa shape index (κ3) is 1.67. The van der Waals surface area contributed by atoms with Crippen molar-refractivity contribution in [3.63, 3.8) is 0 Å². The Bertz CT molecular complexity index is 331. The predicted octanol–water partition coefficient (Wildman–Crippen LogP) is 2.93. The maximum Gasteiger partial charge on any atom is 0.123 e. The molecule has 0 unspecified atom stereocenters. The van der Waals surface area contributed by atoms with E-state index in [4.69, 9.17) is 4.74 Å². The molecule has 0 atom stereocenters. The summed E-state index contributed by atoms with van der Waals surface area (Å²) < 4.78 is 18.5. The number of rotatable bonds is 0. The summed E-state index contributed by atoms with van der Waals surface area (Å²) in [6.45, 7) is 4.11. The molecule has 70 valence electrons. The summed E-state index contributed by atoms with van der Waals surface area (Å²) in [5, 5.41) is 0. The molecule has 1 aliphatic heterocycles. The van der Waals surface area contributed by atoms with Gasteiger partial charge < -0.3 is 4.74 Å². The molecule has 1 nitrogen and oxygen atoms in total. The van der Waals surface area contributed by atoms with Gasteiger partial charge in [0.25, 0.3) is 0 Å². The Balaban J connectivity index is 2.37. The minimum absolute atomic E-state index is 0.106. The predicted molar refractivity (Wildman–Crippen MR) is 49.4 cm³/mol. The van der Waals surface area contributed by atoms with Crippen LogP contribution in [0.5, 0.6) is 5.75 Å². The van der Waals surface area contributed by atoms with E-state index in [1.54, 1.807) is 12.1 Å². The molecule has 2 rings (SSSR count). The maximum atomic E-state index is 12.8. The number of benzene rings is 1. The molecule has 2 heteroatoms. The summed E-state index contributed by atoms with van der Waals surface area (Å²) in [7, 11) is 0. The van der Waals surface area contributed by atoms with E-state index < -0.39 is 0 Å². The number of hydrogen-bond donors (Lipinski definition) is 0. The second-order valence-electron chi connectivity index (χ2n) is 4.11. The normalized spacial score (nSPS) is 19.0. The van der Waals surface area contributed by atoms with Crippen LogP contribution in [0.4, 0.5) is 4.39 Å². The zero-order valence-corrected chi connectivity index (χ0v) is 7.93. The van der Waals surface area contributed by atoms with Crippen molar-refractivity contribution >= 4 is 0 Å². The molecule has 13 heavy (non-hydrogen) atoms. The van der Waals surface area contributed by atoms with Crippen LogP contribution in [-0.2, 0) is 6.42 Å². The van der Waals surface area contributed by atoms with E-state index in [1.807, 2.05) is 0 Å². The first-order valence-electron chi connectivity index (χ1n) is 4.54. The summed E-state index contributed by atoms with van der Waals surface area (Å²) in [6, 6.07) is 4.72. The van der Waals surface area contributed by atoms with Crippen molar-refractivity contribution in [2.75, 3.05) is 0 Å². The fraction of sp³-hybridized carbons (Fsp3) is 0.455. The zero-order chi connectivity index (χ0) is 9.47. The first-order valence-corrected chi connectivity index (χ1v) is 4.54. The number of aryl methyl sites for hydroxylation is 1. The largest absolute Gasteiger partial charge is 0.488 e. The van der Waals surface area contributed by atoms with Crippen LogP contribution in [0, 0.1) is 5.82 Å². The van der Waals surface area contributed by atoms with Crippen LogP contribution in [0.2, 0.25) is 0 Å². The van der Waals surface area contributed by atoms with Crippen LogP contribution in [0.25, 0.3) is 0 Å². The van der Waals surface area contributed by atoms with Crippen LogP contribution in [0.3, 0.4) is 0 Å². The molecule has 1 aromatic rings. The molecule has 0 spiro atoms. The lowest BCUT2D eigenvalue weighted by atomic mass is 9.94. The number of ether oxygens (including phenoxy) is 1. The van der Waals surface area contributed by atoms with Gasteiger partial charge in [-0.3, -0.25) is 0 Å². The molecule has 0 fully saturated rings. The summed E-state index contributed by atoms with van der Waals surface area (Å²) in [5.41, 5.74) is 0.879. The quantitative estimate of drug-likeness (QED) is 0.596. The smallest absolute Gasteiger partial charge is 0.123 e. The fourth-order valence-corrected chi connectivity index (χ4v) is 1.63.